The van der Waals surface area contributed by atoms with E-state index in [1.54, 1.807) is 38.2 Å². The molecule has 0 aromatic heterocycles. The number of likely N-dealkylation sites (N-methyl/N-ethyl adjacent to an activating group) is 1. The van der Waals surface area contributed by atoms with Crippen LogP contribution in [0.4, 0.5) is 15.3 Å². The Morgan fingerprint density at radius 2 is 1.92 bits per heavy atom. The first-order valence-corrected chi connectivity index (χ1v) is 12.0. The maximum atomic E-state index is 13.5. The van der Waals surface area contributed by atoms with Gasteiger partial charge in [-0.05, 0) is 68.2 Å². The molecule has 0 unspecified atom stereocenters. The second-order valence-corrected chi connectivity index (χ2v) is 8.81. The molecule has 2 aromatic rings. The van der Waals surface area contributed by atoms with Crippen molar-refractivity contribution in [2.75, 3.05) is 39.0 Å². The van der Waals surface area contributed by atoms with Gasteiger partial charge in [-0.25, -0.2) is 14.5 Å². The van der Waals surface area contributed by atoms with Gasteiger partial charge in [0.2, 0.25) is 12.5 Å². The maximum absolute atomic E-state index is 13.5. The lowest BCUT2D eigenvalue weighted by Crippen LogP contribution is -2.54. The van der Waals surface area contributed by atoms with Gasteiger partial charge in [-0.2, -0.15) is 0 Å². The van der Waals surface area contributed by atoms with Crippen LogP contribution in [0.15, 0.2) is 29.8 Å². The first-order chi connectivity index (χ1) is 18.2. The number of carbonyl (C=O) groups excluding carboxylic acids is 4. The van der Waals surface area contributed by atoms with E-state index in [-0.39, 0.29) is 31.3 Å². The summed E-state index contributed by atoms with van der Waals surface area (Å²) in [6.07, 6.45) is 1.21. The SMILES string of the molecule is CCOC(=O)N(C)CCc1cc2c(c(OC)c1C=C1C(=O)NC(=O)N(c3ccc(C)c(C)c3)C1=O)OCO2. The molecule has 0 spiro atoms. The molecule has 0 bridgehead atoms. The van der Waals surface area contributed by atoms with E-state index in [4.69, 9.17) is 18.9 Å². The fourth-order valence-electron chi connectivity index (χ4n) is 4.16. The highest BCUT2D eigenvalue weighted by molar-refractivity contribution is 6.39. The summed E-state index contributed by atoms with van der Waals surface area (Å²) in [5, 5.41) is 2.24. The molecule has 5 amide bonds. The zero-order valence-corrected chi connectivity index (χ0v) is 21.9. The molecule has 1 N–H and O–H groups in total. The number of aryl methyl sites for hydroxylation is 2. The predicted molar refractivity (Wildman–Crippen MR) is 137 cm³/mol. The van der Waals surface area contributed by atoms with Gasteiger partial charge in [-0.3, -0.25) is 14.9 Å². The van der Waals surface area contributed by atoms with Crippen LogP contribution in [-0.4, -0.2) is 62.9 Å². The van der Waals surface area contributed by atoms with Gasteiger partial charge in [-0.1, -0.05) is 6.07 Å². The fourth-order valence-corrected chi connectivity index (χ4v) is 4.16. The number of urea groups is 1. The molecule has 11 heteroatoms. The summed E-state index contributed by atoms with van der Waals surface area (Å²) < 4.78 is 21.8. The van der Waals surface area contributed by atoms with Crippen LogP contribution in [0.5, 0.6) is 17.2 Å². The molecule has 0 saturated carbocycles. The number of carbonyl (C=O) groups is 4. The summed E-state index contributed by atoms with van der Waals surface area (Å²) in [6.45, 7) is 5.98. The second-order valence-electron chi connectivity index (χ2n) is 8.81. The van der Waals surface area contributed by atoms with E-state index >= 15 is 0 Å². The molecular formula is C27H29N3O8. The third-order valence-corrected chi connectivity index (χ3v) is 6.38. The van der Waals surface area contributed by atoms with Crippen LogP contribution >= 0.6 is 0 Å². The molecule has 2 aromatic carbocycles. The molecule has 1 saturated heterocycles. The Hall–Kier alpha value is -4.54. The average Bonchev–Trinajstić information content (AvgIpc) is 3.35. The van der Waals surface area contributed by atoms with Crippen molar-refractivity contribution >= 4 is 35.7 Å². The van der Waals surface area contributed by atoms with Crippen LogP contribution in [0, 0.1) is 13.8 Å². The van der Waals surface area contributed by atoms with Gasteiger partial charge in [-0.15, -0.1) is 0 Å². The molecule has 0 aliphatic carbocycles. The summed E-state index contributed by atoms with van der Waals surface area (Å²) in [6, 6.07) is 6.02. The molecule has 38 heavy (non-hydrogen) atoms. The van der Waals surface area contributed by atoms with Crippen LogP contribution in [-0.2, 0) is 20.7 Å². The Kier molecular flexibility index (Phi) is 7.56. The minimum atomic E-state index is -0.839. The number of rotatable bonds is 7. The van der Waals surface area contributed by atoms with E-state index in [1.807, 2.05) is 13.8 Å². The molecule has 200 valence electrons. The van der Waals surface area contributed by atoms with Gasteiger partial charge in [0.15, 0.2) is 11.5 Å². The zero-order chi connectivity index (χ0) is 27.6. The largest absolute Gasteiger partial charge is 0.492 e. The minimum absolute atomic E-state index is 0.0254. The Balaban J connectivity index is 1.77. The van der Waals surface area contributed by atoms with Crippen molar-refractivity contribution in [3.05, 3.63) is 52.1 Å². The molecule has 0 radical (unpaired) electrons. The van der Waals surface area contributed by atoms with Gasteiger partial charge >= 0.3 is 12.1 Å². The third kappa shape index (κ3) is 4.99. The van der Waals surface area contributed by atoms with Crippen LogP contribution in [0.1, 0.15) is 29.2 Å². The molecule has 0 atom stereocenters. The van der Waals surface area contributed by atoms with Crippen molar-refractivity contribution in [2.45, 2.75) is 27.2 Å². The van der Waals surface area contributed by atoms with E-state index in [2.05, 4.69) is 5.32 Å². The van der Waals surface area contributed by atoms with E-state index < -0.39 is 23.9 Å². The topological polar surface area (TPSA) is 124 Å². The van der Waals surface area contributed by atoms with Gasteiger partial charge < -0.3 is 23.8 Å². The number of hydrogen-bond acceptors (Lipinski definition) is 8. The second kappa shape index (κ2) is 10.8. The van der Waals surface area contributed by atoms with Crippen LogP contribution in [0.25, 0.3) is 6.08 Å². The number of hydrogen-bond donors (Lipinski definition) is 1. The summed E-state index contributed by atoms with van der Waals surface area (Å²) in [5.41, 5.74) is 2.97. The average molecular weight is 524 g/mol. The van der Waals surface area contributed by atoms with E-state index in [0.29, 0.717) is 34.7 Å². The Morgan fingerprint density at radius 3 is 2.61 bits per heavy atom. The molecule has 2 heterocycles. The summed E-state index contributed by atoms with van der Waals surface area (Å²) in [7, 11) is 3.03. The van der Waals surface area contributed by atoms with Crippen molar-refractivity contribution in [2.24, 2.45) is 0 Å². The fraction of sp³-hybridized carbons (Fsp3) is 0.333. The van der Waals surface area contributed by atoms with Crippen LogP contribution < -0.4 is 24.4 Å². The number of barbiturate groups is 1. The molecule has 2 aliphatic rings. The number of ether oxygens (including phenoxy) is 4. The number of amides is 5. The predicted octanol–water partition coefficient (Wildman–Crippen LogP) is 3.34. The number of nitrogens with zero attached hydrogens (tertiary/aromatic N) is 2. The quantitative estimate of drug-likeness (QED) is 0.433. The Bertz CT molecular complexity index is 1350. The first kappa shape index (κ1) is 26.5. The van der Waals surface area contributed by atoms with Gasteiger partial charge in [0.05, 0.1) is 19.4 Å². The summed E-state index contributed by atoms with van der Waals surface area (Å²) in [4.78, 5) is 53.5. The Morgan fingerprint density at radius 1 is 1.16 bits per heavy atom. The molecule has 11 nitrogen and oxygen atoms in total. The first-order valence-electron chi connectivity index (χ1n) is 12.0. The minimum Gasteiger partial charge on any atom is -0.492 e. The smallest absolute Gasteiger partial charge is 0.409 e. The lowest BCUT2D eigenvalue weighted by Gasteiger charge is -2.27. The molecular weight excluding hydrogens is 494 g/mol. The van der Waals surface area contributed by atoms with Crippen molar-refractivity contribution in [3.8, 4) is 17.2 Å². The number of anilines is 1. The number of fused-ring (bicyclic) bond motifs is 1. The molecule has 4 rings (SSSR count). The van der Waals surface area contributed by atoms with Gasteiger partial charge in [0.1, 0.15) is 5.57 Å². The van der Waals surface area contributed by atoms with Gasteiger partial charge in [0, 0.05) is 19.2 Å². The van der Waals surface area contributed by atoms with Gasteiger partial charge in [0.25, 0.3) is 11.8 Å². The van der Waals surface area contributed by atoms with Crippen molar-refractivity contribution < 1.29 is 38.1 Å². The monoisotopic (exact) mass is 523 g/mol. The number of imide groups is 2. The number of benzene rings is 2. The lowest BCUT2D eigenvalue weighted by atomic mass is 9.97. The zero-order valence-electron chi connectivity index (χ0n) is 21.9. The highest BCUT2D eigenvalue weighted by Gasteiger charge is 2.38. The molecule has 2 aliphatic heterocycles. The Labute approximate surface area is 219 Å². The highest BCUT2D eigenvalue weighted by Crippen LogP contribution is 2.46. The normalized spacial score (nSPS) is 15.6. The number of nitrogens with one attached hydrogen (secondary N) is 1. The van der Waals surface area contributed by atoms with E-state index in [9.17, 15) is 19.2 Å². The summed E-state index contributed by atoms with van der Waals surface area (Å²) >= 11 is 0. The molecule has 1 fully saturated rings. The van der Waals surface area contributed by atoms with Crippen molar-refractivity contribution in [1.29, 1.82) is 0 Å². The standard InChI is InChI=1S/C27H29N3O8/c1-6-36-27(34)29(4)10-9-17-12-21-23(38-14-37-21)22(35-5)19(17)13-20-24(31)28-26(33)30(25(20)32)18-8-7-15(2)16(3)11-18/h7-8,11-13H,6,9-10,14H2,1-5H3,(H,28,31,33). The van der Waals surface area contributed by atoms with Crippen molar-refractivity contribution in [3.63, 3.8) is 0 Å². The number of methoxy groups -OCH3 is 1. The van der Waals surface area contributed by atoms with Crippen LogP contribution in [0.3, 0.4) is 0 Å². The van der Waals surface area contributed by atoms with E-state index in [0.717, 1.165) is 16.0 Å². The van der Waals surface area contributed by atoms with Crippen LogP contribution in [0.2, 0.25) is 0 Å². The lowest BCUT2D eigenvalue weighted by molar-refractivity contribution is -0.122. The third-order valence-electron chi connectivity index (χ3n) is 6.38. The maximum Gasteiger partial charge on any atom is 0.409 e. The highest BCUT2D eigenvalue weighted by atomic mass is 16.7. The summed E-state index contributed by atoms with van der Waals surface area (Å²) in [5.74, 6) is -0.598. The van der Waals surface area contributed by atoms with Crippen molar-refractivity contribution in [1.82, 2.24) is 10.2 Å². The van der Waals surface area contributed by atoms with E-state index in [1.165, 1.54) is 18.1 Å².